The molecule has 5 heteroatoms. The first-order valence-corrected chi connectivity index (χ1v) is 6.56. The number of aliphatic hydroxyl groups excluding tert-OH is 1. The summed E-state index contributed by atoms with van der Waals surface area (Å²) in [5.41, 5.74) is 1.01. The first-order chi connectivity index (χ1) is 7.97. The Morgan fingerprint density at radius 1 is 1.35 bits per heavy atom. The standard InChI is InChI=1S/C10H12O3S.C2H6O/c1-3-8-13-14(11,12)10-6-4-9(2)5-7-10;1-2-3/h3-7H,1,8H2,2H3;3H,2H2,1H3. The Morgan fingerprint density at radius 3 is 2.24 bits per heavy atom. The molecule has 96 valence electrons. The largest absolute Gasteiger partial charge is 0.397 e. The van der Waals surface area contributed by atoms with Gasteiger partial charge in [-0.3, -0.25) is 4.18 Å². The summed E-state index contributed by atoms with van der Waals surface area (Å²) in [5, 5.41) is 7.57. The summed E-state index contributed by atoms with van der Waals surface area (Å²) in [7, 11) is -3.61. The highest BCUT2D eigenvalue weighted by atomic mass is 32.2. The lowest BCUT2D eigenvalue weighted by Crippen LogP contribution is -2.06. The van der Waals surface area contributed by atoms with E-state index in [2.05, 4.69) is 10.8 Å². The van der Waals surface area contributed by atoms with Gasteiger partial charge < -0.3 is 5.11 Å². The Balaban J connectivity index is 0.000000770. The van der Waals surface area contributed by atoms with E-state index in [0.717, 1.165) is 5.56 Å². The van der Waals surface area contributed by atoms with E-state index in [1.54, 1.807) is 19.1 Å². The molecule has 1 aromatic carbocycles. The third kappa shape index (κ3) is 6.21. The van der Waals surface area contributed by atoms with Crippen LogP contribution in [0.4, 0.5) is 0 Å². The van der Waals surface area contributed by atoms with Gasteiger partial charge in [0.05, 0.1) is 11.5 Å². The molecule has 0 aliphatic carbocycles. The Hall–Kier alpha value is -1.17. The predicted molar refractivity (Wildman–Crippen MR) is 67.3 cm³/mol. The van der Waals surface area contributed by atoms with Crippen molar-refractivity contribution in [1.29, 1.82) is 0 Å². The zero-order valence-corrected chi connectivity index (χ0v) is 10.9. The monoisotopic (exact) mass is 258 g/mol. The lowest BCUT2D eigenvalue weighted by Gasteiger charge is -2.03. The molecule has 0 aliphatic rings. The zero-order valence-electron chi connectivity index (χ0n) is 10.1. The third-order valence-corrected chi connectivity index (χ3v) is 2.95. The molecule has 0 saturated heterocycles. The molecule has 17 heavy (non-hydrogen) atoms. The quantitative estimate of drug-likeness (QED) is 0.661. The van der Waals surface area contributed by atoms with Crippen LogP contribution in [0.25, 0.3) is 0 Å². The summed E-state index contributed by atoms with van der Waals surface area (Å²) in [5.74, 6) is 0. The van der Waals surface area contributed by atoms with Crippen molar-refractivity contribution >= 4 is 10.1 Å². The van der Waals surface area contributed by atoms with Gasteiger partial charge in [0.1, 0.15) is 0 Å². The van der Waals surface area contributed by atoms with Crippen LogP contribution in [0.1, 0.15) is 12.5 Å². The molecule has 1 rings (SSSR count). The lowest BCUT2D eigenvalue weighted by atomic mass is 10.2. The van der Waals surface area contributed by atoms with E-state index in [-0.39, 0.29) is 18.1 Å². The van der Waals surface area contributed by atoms with Crippen molar-refractivity contribution in [2.75, 3.05) is 13.2 Å². The summed E-state index contributed by atoms with van der Waals surface area (Å²) in [6, 6.07) is 6.50. The van der Waals surface area contributed by atoms with E-state index >= 15 is 0 Å². The van der Waals surface area contributed by atoms with Crippen LogP contribution in [0, 0.1) is 6.92 Å². The van der Waals surface area contributed by atoms with Gasteiger partial charge in [0.25, 0.3) is 10.1 Å². The van der Waals surface area contributed by atoms with Crippen LogP contribution < -0.4 is 0 Å². The molecule has 0 spiro atoms. The molecule has 4 nitrogen and oxygen atoms in total. The average Bonchev–Trinajstić information content (AvgIpc) is 2.28. The molecule has 1 N–H and O–H groups in total. The number of aliphatic hydroxyl groups is 1. The fourth-order valence-corrected chi connectivity index (χ4v) is 1.79. The summed E-state index contributed by atoms with van der Waals surface area (Å²) in [6.45, 7) is 7.20. The predicted octanol–water partition coefficient (Wildman–Crippen LogP) is 1.88. The Morgan fingerprint density at radius 2 is 1.82 bits per heavy atom. The van der Waals surface area contributed by atoms with Crippen LogP contribution in [0.2, 0.25) is 0 Å². The summed E-state index contributed by atoms with van der Waals surface area (Å²) < 4.78 is 27.5. The molecule has 0 amide bonds. The van der Waals surface area contributed by atoms with E-state index in [1.807, 2.05) is 6.92 Å². The van der Waals surface area contributed by atoms with Crippen LogP contribution in [0.3, 0.4) is 0 Å². The van der Waals surface area contributed by atoms with E-state index in [9.17, 15) is 8.42 Å². The molecule has 0 aliphatic heterocycles. The molecular formula is C12H18O4S. The van der Waals surface area contributed by atoms with Crippen molar-refractivity contribution in [1.82, 2.24) is 0 Å². The van der Waals surface area contributed by atoms with Gasteiger partial charge >= 0.3 is 0 Å². The maximum atomic E-state index is 11.4. The maximum absolute atomic E-state index is 11.4. The van der Waals surface area contributed by atoms with Crippen molar-refractivity contribution < 1.29 is 17.7 Å². The van der Waals surface area contributed by atoms with Crippen molar-refractivity contribution in [3.63, 3.8) is 0 Å². The van der Waals surface area contributed by atoms with E-state index in [1.165, 1.54) is 18.2 Å². The second kappa shape index (κ2) is 8.00. The van der Waals surface area contributed by atoms with Crippen LogP contribution in [-0.2, 0) is 14.3 Å². The summed E-state index contributed by atoms with van der Waals surface area (Å²) >= 11 is 0. The molecule has 0 heterocycles. The molecular weight excluding hydrogens is 240 g/mol. The van der Waals surface area contributed by atoms with E-state index in [4.69, 9.17) is 5.11 Å². The highest BCUT2D eigenvalue weighted by molar-refractivity contribution is 7.86. The second-order valence-corrected chi connectivity index (χ2v) is 4.77. The molecule has 0 fully saturated rings. The normalized spacial score (nSPS) is 10.3. The minimum atomic E-state index is -3.61. The van der Waals surface area contributed by atoms with E-state index < -0.39 is 10.1 Å². The van der Waals surface area contributed by atoms with Gasteiger partial charge in [-0.1, -0.05) is 23.8 Å². The number of rotatable bonds is 4. The van der Waals surface area contributed by atoms with Crippen LogP contribution in [-0.4, -0.2) is 26.7 Å². The fraction of sp³-hybridized carbons (Fsp3) is 0.333. The first-order valence-electron chi connectivity index (χ1n) is 5.15. The van der Waals surface area contributed by atoms with Gasteiger partial charge in [0.2, 0.25) is 0 Å². The molecule has 0 atom stereocenters. The number of benzene rings is 1. The highest BCUT2D eigenvalue weighted by Gasteiger charge is 2.13. The first kappa shape index (κ1) is 15.8. The van der Waals surface area contributed by atoms with Crippen LogP contribution in [0.5, 0.6) is 0 Å². The van der Waals surface area contributed by atoms with Crippen LogP contribution >= 0.6 is 0 Å². The average molecular weight is 258 g/mol. The maximum Gasteiger partial charge on any atom is 0.297 e. The SMILES string of the molecule is C=CCOS(=O)(=O)c1ccc(C)cc1.CCO. The van der Waals surface area contributed by atoms with Gasteiger partial charge in [-0.15, -0.1) is 6.58 Å². The third-order valence-electron chi connectivity index (χ3n) is 1.65. The van der Waals surface area contributed by atoms with Gasteiger partial charge in [-0.2, -0.15) is 8.42 Å². The van der Waals surface area contributed by atoms with E-state index in [0.29, 0.717) is 0 Å². The summed E-state index contributed by atoms with van der Waals surface area (Å²) in [4.78, 5) is 0.171. The number of aryl methyl sites for hydroxylation is 1. The summed E-state index contributed by atoms with van der Waals surface area (Å²) in [6.07, 6.45) is 1.39. The minimum absolute atomic E-state index is 0.00376. The Bertz CT molecular complexity index is 420. The number of hydrogen-bond acceptors (Lipinski definition) is 4. The van der Waals surface area contributed by atoms with Crippen molar-refractivity contribution in [2.45, 2.75) is 18.7 Å². The Kier molecular flexibility index (Phi) is 7.45. The smallest absolute Gasteiger partial charge is 0.297 e. The fourth-order valence-electron chi connectivity index (χ4n) is 0.911. The zero-order chi connectivity index (χ0) is 13.3. The van der Waals surface area contributed by atoms with Gasteiger partial charge in [-0.25, -0.2) is 0 Å². The molecule has 0 saturated carbocycles. The molecule has 0 radical (unpaired) electrons. The van der Waals surface area contributed by atoms with Crippen LogP contribution in [0.15, 0.2) is 41.8 Å². The minimum Gasteiger partial charge on any atom is -0.397 e. The molecule has 0 bridgehead atoms. The van der Waals surface area contributed by atoms with Crippen molar-refractivity contribution in [2.24, 2.45) is 0 Å². The van der Waals surface area contributed by atoms with Gasteiger partial charge in [0.15, 0.2) is 0 Å². The molecule has 0 aromatic heterocycles. The van der Waals surface area contributed by atoms with Crippen molar-refractivity contribution in [3.05, 3.63) is 42.5 Å². The number of hydrogen-bond donors (Lipinski definition) is 1. The Labute approximate surface area is 103 Å². The lowest BCUT2D eigenvalue weighted by molar-refractivity contribution is 0.318. The molecule has 1 aromatic rings. The van der Waals surface area contributed by atoms with Gasteiger partial charge in [0, 0.05) is 6.61 Å². The highest BCUT2D eigenvalue weighted by Crippen LogP contribution is 2.12. The van der Waals surface area contributed by atoms with Crippen molar-refractivity contribution in [3.8, 4) is 0 Å². The second-order valence-electron chi connectivity index (χ2n) is 3.16. The molecule has 0 unspecified atom stereocenters. The van der Waals surface area contributed by atoms with Gasteiger partial charge in [-0.05, 0) is 26.0 Å². The topological polar surface area (TPSA) is 63.6 Å².